The van der Waals surface area contributed by atoms with E-state index in [2.05, 4.69) is 36.4 Å². The summed E-state index contributed by atoms with van der Waals surface area (Å²) in [5, 5.41) is 10.5. The Morgan fingerprint density at radius 3 is 2.23 bits per heavy atom. The standard InChI is InChI=1S/C26H28N6O3/c1-26(2,3)22-16-24(32(31-22)18-7-11-19(34-4)12-8-18)30-25(33)29-17-5-9-20(10-6-17)35-21-13-14-28-23(27)15-21/h5-16H,1-4H3,(H2,27,28)(H2,29,30,33). The van der Waals surface area contributed by atoms with Crippen LogP contribution >= 0.6 is 0 Å². The number of amides is 2. The number of nitrogen functional groups attached to an aromatic ring is 1. The summed E-state index contributed by atoms with van der Waals surface area (Å²) in [6.07, 6.45) is 1.58. The van der Waals surface area contributed by atoms with Crippen LogP contribution in [0.1, 0.15) is 26.5 Å². The van der Waals surface area contributed by atoms with Crippen LogP contribution < -0.4 is 25.8 Å². The van der Waals surface area contributed by atoms with E-state index >= 15 is 0 Å². The topological polar surface area (TPSA) is 116 Å². The summed E-state index contributed by atoms with van der Waals surface area (Å²) in [6, 6.07) is 19.3. The largest absolute Gasteiger partial charge is 0.497 e. The van der Waals surface area contributed by atoms with E-state index in [0.717, 1.165) is 17.1 Å². The van der Waals surface area contributed by atoms with Crippen LogP contribution in [0, 0.1) is 0 Å². The first kappa shape index (κ1) is 23.6. The molecule has 0 radical (unpaired) electrons. The van der Waals surface area contributed by atoms with Crippen molar-refractivity contribution in [3.63, 3.8) is 0 Å². The number of ether oxygens (including phenoxy) is 2. The number of carbonyl (C=O) groups excluding carboxylic acids is 1. The molecular formula is C26H28N6O3. The number of anilines is 3. The third-order valence-electron chi connectivity index (χ3n) is 5.14. The first-order valence-electron chi connectivity index (χ1n) is 11.0. The molecule has 2 aromatic heterocycles. The van der Waals surface area contributed by atoms with E-state index in [1.165, 1.54) is 0 Å². The van der Waals surface area contributed by atoms with Crippen molar-refractivity contribution in [2.24, 2.45) is 0 Å². The van der Waals surface area contributed by atoms with Gasteiger partial charge >= 0.3 is 6.03 Å². The molecule has 0 fully saturated rings. The van der Waals surface area contributed by atoms with Crippen LogP contribution in [0.4, 0.5) is 22.1 Å². The Balaban J connectivity index is 1.48. The lowest BCUT2D eigenvalue weighted by Gasteiger charge is -2.14. The fourth-order valence-electron chi connectivity index (χ4n) is 3.27. The van der Waals surface area contributed by atoms with Crippen LogP contribution in [-0.2, 0) is 5.41 Å². The number of nitrogens with two attached hydrogens (primary N) is 1. The normalized spacial score (nSPS) is 11.1. The highest BCUT2D eigenvalue weighted by Crippen LogP contribution is 2.28. The van der Waals surface area contributed by atoms with Gasteiger partial charge in [-0.05, 0) is 54.6 Å². The molecule has 2 amide bonds. The first-order chi connectivity index (χ1) is 16.7. The predicted molar refractivity (Wildman–Crippen MR) is 137 cm³/mol. The molecule has 9 heteroatoms. The molecule has 4 aromatic rings. The molecule has 4 rings (SSSR count). The molecule has 0 atom stereocenters. The second-order valence-electron chi connectivity index (χ2n) is 8.90. The van der Waals surface area contributed by atoms with Crippen molar-refractivity contribution in [1.82, 2.24) is 14.8 Å². The van der Waals surface area contributed by atoms with Crippen molar-refractivity contribution in [3.05, 3.63) is 78.6 Å². The summed E-state index contributed by atoms with van der Waals surface area (Å²) in [6.45, 7) is 6.21. The minimum atomic E-state index is -0.393. The summed E-state index contributed by atoms with van der Waals surface area (Å²) >= 11 is 0. The van der Waals surface area contributed by atoms with Gasteiger partial charge in [-0.2, -0.15) is 5.10 Å². The van der Waals surface area contributed by atoms with Gasteiger partial charge in [0.25, 0.3) is 0 Å². The van der Waals surface area contributed by atoms with Crippen molar-refractivity contribution in [2.75, 3.05) is 23.5 Å². The number of nitrogens with zero attached hydrogens (tertiary/aromatic N) is 3. The lowest BCUT2D eigenvalue weighted by Crippen LogP contribution is -2.21. The molecular weight excluding hydrogens is 444 g/mol. The Kier molecular flexibility index (Phi) is 6.59. The van der Waals surface area contributed by atoms with Crippen LogP contribution in [0.25, 0.3) is 5.69 Å². The second kappa shape index (κ2) is 9.76. The smallest absolute Gasteiger partial charge is 0.324 e. The maximum Gasteiger partial charge on any atom is 0.324 e. The highest BCUT2D eigenvalue weighted by molar-refractivity contribution is 5.99. The summed E-state index contributed by atoms with van der Waals surface area (Å²) in [5.74, 6) is 2.85. The summed E-state index contributed by atoms with van der Waals surface area (Å²) in [5.41, 5.74) is 7.75. The Bertz CT molecular complexity index is 1310. The van der Waals surface area contributed by atoms with E-state index in [1.54, 1.807) is 54.4 Å². The fourth-order valence-corrected chi connectivity index (χ4v) is 3.27. The lowest BCUT2D eigenvalue weighted by atomic mass is 9.92. The molecule has 9 nitrogen and oxygen atoms in total. The molecule has 2 heterocycles. The Labute approximate surface area is 203 Å². The maximum atomic E-state index is 12.8. The molecule has 35 heavy (non-hydrogen) atoms. The molecule has 0 saturated carbocycles. The molecule has 0 aliphatic rings. The number of benzene rings is 2. The quantitative estimate of drug-likeness (QED) is 0.337. The number of pyridine rings is 1. The molecule has 0 aliphatic heterocycles. The number of hydrogen-bond donors (Lipinski definition) is 3. The Morgan fingerprint density at radius 2 is 1.60 bits per heavy atom. The van der Waals surface area contributed by atoms with Gasteiger partial charge < -0.3 is 20.5 Å². The zero-order valence-corrected chi connectivity index (χ0v) is 20.1. The number of urea groups is 1. The molecule has 180 valence electrons. The van der Waals surface area contributed by atoms with Crippen LogP contribution in [0.5, 0.6) is 17.2 Å². The average molecular weight is 473 g/mol. The van der Waals surface area contributed by atoms with E-state index in [9.17, 15) is 4.79 Å². The van der Waals surface area contributed by atoms with Crippen molar-refractivity contribution in [3.8, 4) is 22.9 Å². The number of carbonyl (C=O) groups is 1. The van der Waals surface area contributed by atoms with Gasteiger partial charge in [-0.1, -0.05) is 20.8 Å². The summed E-state index contributed by atoms with van der Waals surface area (Å²) < 4.78 is 12.7. The molecule has 0 unspecified atom stereocenters. The van der Waals surface area contributed by atoms with Crippen LogP contribution in [0.3, 0.4) is 0 Å². The van der Waals surface area contributed by atoms with E-state index in [-0.39, 0.29) is 5.41 Å². The van der Waals surface area contributed by atoms with Gasteiger partial charge in [-0.3, -0.25) is 5.32 Å². The highest BCUT2D eigenvalue weighted by Gasteiger charge is 2.21. The van der Waals surface area contributed by atoms with Crippen LogP contribution in [0.2, 0.25) is 0 Å². The molecule has 0 aliphatic carbocycles. The third kappa shape index (κ3) is 5.89. The number of aromatic nitrogens is 3. The number of methoxy groups -OCH3 is 1. The third-order valence-corrected chi connectivity index (χ3v) is 5.14. The van der Waals surface area contributed by atoms with Gasteiger partial charge in [-0.25, -0.2) is 14.5 Å². The van der Waals surface area contributed by atoms with Gasteiger partial charge in [0.1, 0.15) is 28.9 Å². The van der Waals surface area contributed by atoms with Crippen molar-refractivity contribution in [1.29, 1.82) is 0 Å². The van der Waals surface area contributed by atoms with Crippen LogP contribution in [-0.4, -0.2) is 27.9 Å². The average Bonchev–Trinajstić information content (AvgIpc) is 3.24. The molecule has 0 bridgehead atoms. The highest BCUT2D eigenvalue weighted by atomic mass is 16.5. The maximum absolute atomic E-state index is 12.8. The Morgan fingerprint density at radius 1 is 0.914 bits per heavy atom. The minimum absolute atomic E-state index is 0.195. The van der Waals surface area contributed by atoms with Gasteiger partial charge in [0.05, 0.1) is 18.5 Å². The van der Waals surface area contributed by atoms with Gasteiger partial charge in [0.15, 0.2) is 0 Å². The summed E-state index contributed by atoms with van der Waals surface area (Å²) in [4.78, 5) is 16.7. The molecule has 0 saturated heterocycles. The molecule has 0 spiro atoms. The van der Waals surface area contributed by atoms with Gasteiger partial charge in [0, 0.05) is 29.4 Å². The SMILES string of the molecule is COc1ccc(-n2nc(C(C)(C)C)cc2NC(=O)Nc2ccc(Oc3ccnc(N)c3)cc2)cc1. The summed E-state index contributed by atoms with van der Waals surface area (Å²) in [7, 11) is 1.62. The lowest BCUT2D eigenvalue weighted by molar-refractivity contribution is 0.262. The monoisotopic (exact) mass is 472 g/mol. The molecule has 2 aromatic carbocycles. The van der Waals surface area contributed by atoms with Crippen LogP contribution in [0.15, 0.2) is 72.9 Å². The minimum Gasteiger partial charge on any atom is -0.497 e. The van der Waals surface area contributed by atoms with Gasteiger partial charge in [0.2, 0.25) is 0 Å². The number of nitrogens with one attached hydrogen (secondary N) is 2. The van der Waals surface area contributed by atoms with E-state index < -0.39 is 6.03 Å². The van der Waals surface area contributed by atoms with E-state index in [0.29, 0.717) is 28.8 Å². The van der Waals surface area contributed by atoms with E-state index in [1.807, 2.05) is 30.3 Å². The second-order valence-corrected chi connectivity index (χ2v) is 8.90. The predicted octanol–water partition coefficient (Wildman–Crippen LogP) is 5.59. The molecule has 4 N–H and O–H groups in total. The van der Waals surface area contributed by atoms with Crippen molar-refractivity contribution < 1.29 is 14.3 Å². The first-order valence-corrected chi connectivity index (χ1v) is 11.0. The van der Waals surface area contributed by atoms with E-state index in [4.69, 9.17) is 20.3 Å². The number of rotatable bonds is 6. The van der Waals surface area contributed by atoms with Crippen molar-refractivity contribution >= 4 is 23.4 Å². The Hall–Kier alpha value is -4.53. The van der Waals surface area contributed by atoms with Crippen molar-refractivity contribution in [2.45, 2.75) is 26.2 Å². The zero-order chi connectivity index (χ0) is 25.0. The fraction of sp³-hybridized carbons (Fsp3) is 0.192. The number of hydrogen-bond acceptors (Lipinski definition) is 6. The van der Waals surface area contributed by atoms with Gasteiger partial charge in [-0.15, -0.1) is 0 Å². The zero-order valence-electron chi connectivity index (χ0n) is 20.1.